The fourth-order valence-corrected chi connectivity index (χ4v) is 7.05. The zero-order valence-electron chi connectivity index (χ0n) is 32.0. The monoisotopic (exact) mass is 730 g/mol. The van der Waals surface area contributed by atoms with E-state index in [2.05, 4.69) is 51.0 Å². The molecule has 4 aromatic rings. The van der Waals surface area contributed by atoms with Crippen molar-refractivity contribution in [2.75, 3.05) is 27.9 Å². The number of hydrogen-bond donors (Lipinski definition) is 0. The highest BCUT2D eigenvalue weighted by atomic mass is 16.6. The molecule has 54 heavy (non-hydrogen) atoms. The molecule has 0 saturated heterocycles. The van der Waals surface area contributed by atoms with Crippen LogP contribution in [0.1, 0.15) is 115 Å². The summed E-state index contributed by atoms with van der Waals surface area (Å²) in [6, 6.07) is 20.7. The van der Waals surface area contributed by atoms with E-state index < -0.39 is 0 Å². The number of pyridine rings is 4. The smallest absolute Gasteiger partial charge is 0.124 e. The van der Waals surface area contributed by atoms with Crippen LogP contribution in [0.15, 0.2) is 81.3 Å². The Morgan fingerprint density at radius 2 is 1.19 bits per heavy atom. The Morgan fingerprint density at radius 1 is 0.611 bits per heavy atom. The summed E-state index contributed by atoms with van der Waals surface area (Å²) in [6.45, 7) is 4.26. The summed E-state index contributed by atoms with van der Waals surface area (Å²) in [6.07, 6.45) is 9.82. The van der Waals surface area contributed by atoms with Crippen molar-refractivity contribution in [3.63, 3.8) is 0 Å². The summed E-state index contributed by atoms with van der Waals surface area (Å²) in [5.41, 5.74) is 13.3. The van der Waals surface area contributed by atoms with Gasteiger partial charge >= 0.3 is 0 Å². The van der Waals surface area contributed by atoms with Crippen LogP contribution in [0.4, 0.5) is 0 Å². The first-order valence-electron chi connectivity index (χ1n) is 18.8. The normalized spacial score (nSPS) is 17.2. The van der Waals surface area contributed by atoms with Crippen LogP contribution in [0.25, 0.3) is 0 Å². The minimum absolute atomic E-state index is 0.132. The Hall–Kier alpha value is -5.52. The van der Waals surface area contributed by atoms with Crippen molar-refractivity contribution in [2.24, 2.45) is 20.6 Å². The van der Waals surface area contributed by atoms with E-state index >= 15 is 0 Å². The van der Waals surface area contributed by atoms with Gasteiger partial charge in [-0.3, -0.25) is 19.9 Å². The maximum absolute atomic E-state index is 5.97. The van der Waals surface area contributed by atoms with Gasteiger partial charge in [0, 0.05) is 28.7 Å². The summed E-state index contributed by atoms with van der Waals surface area (Å²) >= 11 is 0. The largest absolute Gasteiger partial charge is 0.399 e. The summed E-state index contributed by atoms with van der Waals surface area (Å²) in [7, 11) is 4.71. The second-order valence-electron chi connectivity index (χ2n) is 13.6. The number of aryl methyl sites for hydroxylation is 5. The SMILES string of the molecule is CO/N=C(\C)c1cccc(CCCc2cccc(/C(C)=N/OCC3CC/C(=N\OC)c4nc(CCCc5ccc6c(n5)/C(=N/OC)CCC6)ccc43)n2)n1. The maximum Gasteiger partial charge on any atom is 0.124 e. The lowest BCUT2D eigenvalue weighted by Crippen LogP contribution is -2.22. The first-order chi connectivity index (χ1) is 26.4. The molecule has 2 aliphatic carbocycles. The molecular weight excluding hydrogens is 681 g/mol. The van der Waals surface area contributed by atoms with Gasteiger partial charge in [-0.05, 0) is 132 Å². The maximum atomic E-state index is 5.97. The molecule has 0 radical (unpaired) electrons. The highest BCUT2D eigenvalue weighted by molar-refractivity contribution is 6.01. The van der Waals surface area contributed by atoms with Crippen LogP contribution in [0.2, 0.25) is 0 Å². The molecule has 1 unspecified atom stereocenters. The number of fused-ring (bicyclic) bond motifs is 2. The summed E-state index contributed by atoms with van der Waals surface area (Å²) in [4.78, 5) is 40.8. The number of hydrogen-bond acceptors (Lipinski definition) is 12. The van der Waals surface area contributed by atoms with Gasteiger partial charge in [-0.15, -0.1) is 0 Å². The van der Waals surface area contributed by atoms with Crippen LogP contribution in [0, 0.1) is 0 Å². The van der Waals surface area contributed by atoms with Gasteiger partial charge in [-0.2, -0.15) is 0 Å². The fourth-order valence-electron chi connectivity index (χ4n) is 7.05. The average molecular weight is 731 g/mol. The van der Waals surface area contributed by atoms with Crippen molar-refractivity contribution in [3.8, 4) is 0 Å². The van der Waals surface area contributed by atoms with E-state index in [9.17, 15) is 0 Å². The molecule has 0 aromatic carbocycles. The van der Waals surface area contributed by atoms with E-state index in [-0.39, 0.29) is 5.92 Å². The average Bonchev–Trinajstić information content (AvgIpc) is 3.19. The van der Waals surface area contributed by atoms with Crippen molar-refractivity contribution >= 4 is 22.8 Å². The predicted molar refractivity (Wildman–Crippen MR) is 210 cm³/mol. The highest BCUT2D eigenvalue weighted by Gasteiger charge is 2.27. The van der Waals surface area contributed by atoms with Crippen molar-refractivity contribution in [1.82, 2.24) is 19.9 Å². The van der Waals surface area contributed by atoms with E-state index in [1.165, 1.54) is 12.7 Å². The van der Waals surface area contributed by atoms with Crippen molar-refractivity contribution in [1.29, 1.82) is 0 Å². The lowest BCUT2D eigenvalue weighted by atomic mass is 9.84. The number of aromatic nitrogens is 4. The Labute approximate surface area is 317 Å². The first kappa shape index (κ1) is 38.2. The number of rotatable bonds is 16. The Kier molecular flexibility index (Phi) is 13.4. The van der Waals surface area contributed by atoms with Gasteiger partial charge in [0.25, 0.3) is 0 Å². The van der Waals surface area contributed by atoms with E-state index in [1.807, 2.05) is 44.2 Å². The summed E-state index contributed by atoms with van der Waals surface area (Å²) in [5, 5.41) is 17.0. The molecule has 0 aliphatic heterocycles. The topological polar surface area (TPSA) is 138 Å². The number of nitrogens with zero attached hydrogens (tertiary/aromatic N) is 8. The van der Waals surface area contributed by atoms with E-state index in [4.69, 9.17) is 39.3 Å². The van der Waals surface area contributed by atoms with Gasteiger partial charge in [-0.1, -0.05) is 44.9 Å². The number of oxime groups is 4. The van der Waals surface area contributed by atoms with Crippen molar-refractivity contribution in [2.45, 2.75) is 90.4 Å². The fraction of sp³-hybridized carbons (Fsp3) is 0.429. The van der Waals surface area contributed by atoms with E-state index in [0.29, 0.717) is 6.61 Å². The zero-order chi connectivity index (χ0) is 37.7. The minimum Gasteiger partial charge on any atom is -0.399 e. The molecule has 0 amide bonds. The van der Waals surface area contributed by atoms with E-state index in [0.717, 1.165) is 145 Å². The molecule has 6 rings (SSSR count). The van der Waals surface area contributed by atoms with Crippen LogP contribution in [0.3, 0.4) is 0 Å². The predicted octanol–water partition coefficient (Wildman–Crippen LogP) is 7.34. The van der Waals surface area contributed by atoms with Gasteiger partial charge in [0.05, 0.1) is 22.8 Å². The minimum atomic E-state index is 0.132. The van der Waals surface area contributed by atoms with Crippen LogP contribution in [-0.2, 0) is 51.5 Å². The quantitative estimate of drug-likeness (QED) is 0.0863. The molecule has 282 valence electrons. The Bertz CT molecular complexity index is 2030. The molecule has 12 heteroatoms. The highest BCUT2D eigenvalue weighted by Crippen LogP contribution is 2.32. The lowest BCUT2D eigenvalue weighted by Gasteiger charge is -2.25. The third-order valence-corrected chi connectivity index (χ3v) is 9.79. The van der Waals surface area contributed by atoms with Crippen LogP contribution in [-0.4, -0.2) is 70.7 Å². The lowest BCUT2D eigenvalue weighted by molar-refractivity contribution is 0.126. The first-order valence-corrected chi connectivity index (χ1v) is 18.8. The Morgan fingerprint density at radius 3 is 1.81 bits per heavy atom. The van der Waals surface area contributed by atoms with Crippen LogP contribution in [0.5, 0.6) is 0 Å². The third kappa shape index (κ3) is 9.91. The molecule has 4 heterocycles. The standard InChI is InChI=1S/C42H50N8O4/c1-28(47-51-3)37-18-9-16-32(43-37)12-7-13-33-17-10-19-38(44-33)29(2)48-54-27-31-22-26-40(50-53-5)42-36(31)25-24-35(46-42)15-8-14-34-23-21-30-11-6-20-39(49-52-4)41(30)45-34/h9-10,16-19,21,23-25,31H,6-8,11-15,20,22,26-27H2,1-5H3/b47-28+,48-29+,49-39+,50-40+. The van der Waals surface area contributed by atoms with Gasteiger partial charge in [0.15, 0.2) is 0 Å². The van der Waals surface area contributed by atoms with Gasteiger partial charge in [-0.25, -0.2) is 0 Å². The third-order valence-electron chi connectivity index (χ3n) is 9.79. The Balaban J connectivity index is 1.04. The second kappa shape index (κ2) is 19.0. The summed E-state index contributed by atoms with van der Waals surface area (Å²) in [5.74, 6) is 0.132. The molecule has 1 atom stereocenters. The molecule has 0 N–H and O–H groups in total. The molecular formula is C42H50N8O4. The van der Waals surface area contributed by atoms with Crippen LogP contribution >= 0.6 is 0 Å². The summed E-state index contributed by atoms with van der Waals surface area (Å²) < 4.78 is 0. The van der Waals surface area contributed by atoms with Gasteiger partial charge < -0.3 is 19.4 Å². The second-order valence-corrected chi connectivity index (χ2v) is 13.6. The molecule has 4 aromatic heterocycles. The van der Waals surface area contributed by atoms with Crippen molar-refractivity contribution in [3.05, 3.63) is 117 Å². The van der Waals surface area contributed by atoms with Crippen molar-refractivity contribution < 1.29 is 19.4 Å². The van der Waals surface area contributed by atoms with Gasteiger partial charge in [0.1, 0.15) is 50.8 Å². The van der Waals surface area contributed by atoms with Crippen LogP contribution < -0.4 is 0 Å². The molecule has 0 spiro atoms. The zero-order valence-corrected chi connectivity index (χ0v) is 32.0. The van der Waals surface area contributed by atoms with Gasteiger partial charge in [0.2, 0.25) is 0 Å². The molecule has 0 saturated carbocycles. The molecule has 0 bridgehead atoms. The molecule has 0 fully saturated rings. The molecule has 2 aliphatic rings. The molecule has 12 nitrogen and oxygen atoms in total. The van der Waals surface area contributed by atoms with E-state index in [1.54, 1.807) is 14.2 Å².